The first kappa shape index (κ1) is 21.8. The summed E-state index contributed by atoms with van der Waals surface area (Å²) in [4.78, 5) is 15.3. The van der Waals surface area contributed by atoms with Gasteiger partial charge >= 0.3 is 0 Å². The summed E-state index contributed by atoms with van der Waals surface area (Å²) < 4.78 is 16.2. The first-order valence-corrected chi connectivity index (χ1v) is 9.90. The number of piperidine rings is 1. The molecule has 1 fully saturated rings. The fraction of sp³-hybridized carbons (Fsp3) is 0.650. The van der Waals surface area contributed by atoms with Crippen molar-refractivity contribution in [2.75, 3.05) is 40.5 Å². The molecule has 0 saturated carbocycles. The number of carbonyl (C=O) groups is 1. The average molecular weight is 399 g/mol. The van der Waals surface area contributed by atoms with Crippen LogP contribution in [0.3, 0.4) is 0 Å². The Morgan fingerprint density at radius 3 is 2.70 bits per heavy atom. The zero-order chi connectivity index (χ0) is 19.8. The molecule has 1 amide bonds. The predicted octanol–water partition coefficient (Wildman–Crippen LogP) is 3.37. The van der Waals surface area contributed by atoms with E-state index in [9.17, 15) is 4.79 Å². The van der Waals surface area contributed by atoms with E-state index in [4.69, 9.17) is 25.8 Å². The molecular formula is C20H31ClN2O4. The number of carbonyl (C=O) groups excluding carboxylic acids is 1. The second-order valence-electron chi connectivity index (χ2n) is 6.99. The lowest BCUT2D eigenvalue weighted by molar-refractivity contribution is 0.0573. The molecule has 6 nitrogen and oxygen atoms in total. The Hall–Kier alpha value is -1.50. The molecule has 0 spiro atoms. The van der Waals surface area contributed by atoms with E-state index in [-0.39, 0.29) is 18.0 Å². The molecule has 1 aromatic carbocycles. The molecule has 0 aliphatic carbocycles. The Bertz CT molecular complexity index is 618. The molecule has 0 bridgehead atoms. The Labute approximate surface area is 167 Å². The van der Waals surface area contributed by atoms with Gasteiger partial charge in [0, 0.05) is 44.8 Å². The molecule has 0 aromatic heterocycles. The van der Waals surface area contributed by atoms with Gasteiger partial charge in [0.05, 0.1) is 24.3 Å². The minimum Gasteiger partial charge on any atom is -0.495 e. The maximum absolute atomic E-state index is 13.4. The summed E-state index contributed by atoms with van der Waals surface area (Å²) in [5.41, 5.74) is 0.414. The van der Waals surface area contributed by atoms with Crippen LogP contribution < -0.4 is 14.8 Å². The van der Waals surface area contributed by atoms with Crippen molar-refractivity contribution in [3.8, 4) is 11.5 Å². The highest BCUT2D eigenvalue weighted by Crippen LogP contribution is 2.35. The summed E-state index contributed by atoms with van der Waals surface area (Å²) in [6, 6.07) is 3.65. The topological polar surface area (TPSA) is 60.0 Å². The van der Waals surface area contributed by atoms with Crippen molar-refractivity contribution in [3.63, 3.8) is 0 Å². The number of hydrogen-bond acceptors (Lipinski definition) is 5. The molecular weight excluding hydrogens is 368 g/mol. The number of benzene rings is 1. The smallest absolute Gasteiger partial charge is 0.256 e. The zero-order valence-corrected chi connectivity index (χ0v) is 17.5. The van der Waals surface area contributed by atoms with Crippen molar-refractivity contribution in [3.05, 3.63) is 22.7 Å². The highest BCUT2D eigenvalue weighted by Gasteiger charge is 2.30. The third-order valence-corrected chi connectivity index (χ3v) is 5.07. The van der Waals surface area contributed by atoms with Gasteiger partial charge in [-0.15, -0.1) is 0 Å². The van der Waals surface area contributed by atoms with Crippen LogP contribution in [0.2, 0.25) is 5.02 Å². The highest BCUT2D eigenvalue weighted by molar-refractivity contribution is 6.35. The predicted molar refractivity (Wildman–Crippen MR) is 107 cm³/mol. The van der Waals surface area contributed by atoms with Crippen LogP contribution in [0.25, 0.3) is 0 Å². The molecule has 0 unspecified atom stereocenters. The number of amides is 1. The van der Waals surface area contributed by atoms with Gasteiger partial charge in [-0.05, 0) is 39.3 Å². The van der Waals surface area contributed by atoms with Gasteiger partial charge in [0.2, 0.25) is 0 Å². The van der Waals surface area contributed by atoms with Crippen LogP contribution in [0.4, 0.5) is 0 Å². The average Bonchev–Trinajstić information content (AvgIpc) is 2.66. The molecule has 7 heteroatoms. The molecule has 1 saturated heterocycles. The van der Waals surface area contributed by atoms with Crippen LogP contribution >= 0.6 is 11.6 Å². The lowest BCUT2D eigenvalue weighted by Crippen LogP contribution is -2.51. The van der Waals surface area contributed by atoms with E-state index in [1.807, 2.05) is 18.7 Å². The third-order valence-electron chi connectivity index (χ3n) is 4.68. The van der Waals surface area contributed by atoms with Gasteiger partial charge < -0.3 is 24.4 Å². The minimum absolute atomic E-state index is 0.0655. The summed E-state index contributed by atoms with van der Waals surface area (Å²) in [6.07, 6.45) is 2.80. The van der Waals surface area contributed by atoms with E-state index in [2.05, 4.69) is 5.32 Å². The molecule has 1 atom stereocenters. The quantitative estimate of drug-likeness (QED) is 0.646. The number of rotatable bonds is 9. The van der Waals surface area contributed by atoms with Crippen LogP contribution in [0.5, 0.6) is 11.5 Å². The SMILES string of the molecule is COCCCOc1cc(OC)c(Cl)c(C(=O)N(C(C)C)[C@@H]2CCCNC2)c1. The van der Waals surface area contributed by atoms with Gasteiger partial charge in [0.1, 0.15) is 11.5 Å². The lowest BCUT2D eigenvalue weighted by atomic mass is 10.0. The monoisotopic (exact) mass is 398 g/mol. The minimum atomic E-state index is -0.0932. The van der Waals surface area contributed by atoms with Gasteiger partial charge in [-0.25, -0.2) is 0 Å². The van der Waals surface area contributed by atoms with E-state index in [1.54, 1.807) is 19.2 Å². The Morgan fingerprint density at radius 1 is 1.33 bits per heavy atom. The van der Waals surface area contributed by atoms with E-state index in [0.29, 0.717) is 35.3 Å². The molecule has 1 heterocycles. The molecule has 2 rings (SSSR count). The summed E-state index contributed by atoms with van der Waals surface area (Å²) >= 11 is 6.48. The fourth-order valence-electron chi connectivity index (χ4n) is 3.39. The van der Waals surface area contributed by atoms with Crippen molar-refractivity contribution in [1.82, 2.24) is 10.2 Å². The van der Waals surface area contributed by atoms with E-state index >= 15 is 0 Å². The van der Waals surface area contributed by atoms with Crippen LogP contribution in [0, 0.1) is 0 Å². The fourth-order valence-corrected chi connectivity index (χ4v) is 3.65. The van der Waals surface area contributed by atoms with E-state index < -0.39 is 0 Å². The van der Waals surface area contributed by atoms with Gasteiger partial charge in [-0.3, -0.25) is 4.79 Å². The van der Waals surface area contributed by atoms with Crippen LogP contribution in [0.15, 0.2) is 12.1 Å². The first-order chi connectivity index (χ1) is 13.0. The molecule has 0 radical (unpaired) electrons. The maximum Gasteiger partial charge on any atom is 0.256 e. The summed E-state index contributed by atoms with van der Waals surface area (Å²) in [6.45, 7) is 6.96. The molecule has 1 aliphatic rings. The molecule has 1 N–H and O–H groups in total. The molecule has 152 valence electrons. The van der Waals surface area contributed by atoms with Crippen LogP contribution in [0.1, 0.15) is 43.5 Å². The third kappa shape index (κ3) is 5.74. The number of nitrogens with one attached hydrogen (secondary N) is 1. The summed E-state index contributed by atoms with van der Waals surface area (Å²) in [5.74, 6) is 0.917. The summed E-state index contributed by atoms with van der Waals surface area (Å²) in [7, 11) is 3.19. The number of nitrogens with zero attached hydrogens (tertiary/aromatic N) is 1. The van der Waals surface area contributed by atoms with Crippen molar-refractivity contribution in [1.29, 1.82) is 0 Å². The van der Waals surface area contributed by atoms with Gasteiger partial charge in [0.25, 0.3) is 5.91 Å². The Kier molecular flexibility index (Phi) is 8.67. The highest BCUT2D eigenvalue weighted by atomic mass is 35.5. The van der Waals surface area contributed by atoms with Crippen molar-refractivity contribution >= 4 is 17.5 Å². The Morgan fingerprint density at radius 2 is 2.11 bits per heavy atom. The summed E-state index contributed by atoms with van der Waals surface area (Å²) in [5, 5.41) is 3.70. The number of hydrogen-bond donors (Lipinski definition) is 1. The van der Waals surface area contributed by atoms with Crippen molar-refractivity contribution in [2.24, 2.45) is 0 Å². The number of methoxy groups -OCH3 is 2. The van der Waals surface area contributed by atoms with E-state index in [0.717, 1.165) is 32.4 Å². The number of ether oxygens (including phenoxy) is 3. The van der Waals surface area contributed by atoms with Crippen LogP contribution in [-0.2, 0) is 4.74 Å². The standard InChI is InChI=1S/C20H31ClN2O4/c1-14(2)23(15-7-5-8-22-13-15)20(24)17-11-16(27-10-6-9-25-3)12-18(26-4)19(17)21/h11-12,14-15,22H,5-10,13H2,1-4H3/t15-/m1/s1. The van der Waals surface area contributed by atoms with Crippen LogP contribution in [-0.4, -0.2) is 63.4 Å². The van der Waals surface area contributed by atoms with Gasteiger partial charge in [-0.1, -0.05) is 11.6 Å². The van der Waals surface area contributed by atoms with Crippen molar-refractivity contribution < 1.29 is 19.0 Å². The first-order valence-electron chi connectivity index (χ1n) is 9.52. The lowest BCUT2D eigenvalue weighted by Gasteiger charge is -2.38. The zero-order valence-electron chi connectivity index (χ0n) is 16.7. The van der Waals surface area contributed by atoms with E-state index in [1.165, 1.54) is 7.11 Å². The van der Waals surface area contributed by atoms with Gasteiger partial charge in [0.15, 0.2) is 0 Å². The normalized spacial score (nSPS) is 17.0. The number of halogens is 1. The second-order valence-corrected chi connectivity index (χ2v) is 7.37. The van der Waals surface area contributed by atoms with Gasteiger partial charge in [-0.2, -0.15) is 0 Å². The molecule has 27 heavy (non-hydrogen) atoms. The molecule has 1 aliphatic heterocycles. The maximum atomic E-state index is 13.4. The van der Waals surface area contributed by atoms with Crippen molar-refractivity contribution in [2.45, 2.75) is 45.2 Å². The largest absolute Gasteiger partial charge is 0.495 e. The molecule has 1 aromatic rings. The second kappa shape index (κ2) is 10.7. The Balaban J connectivity index is 2.28.